The molecule has 32 heavy (non-hydrogen) atoms. The third-order valence-electron chi connectivity index (χ3n) is 5.25. The van der Waals surface area contributed by atoms with E-state index in [4.69, 9.17) is 19.9 Å². The van der Waals surface area contributed by atoms with Crippen LogP contribution in [0.2, 0.25) is 0 Å². The zero-order chi connectivity index (χ0) is 22.5. The Kier molecular flexibility index (Phi) is 6.33. The van der Waals surface area contributed by atoms with Crippen LogP contribution in [0, 0.1) is 11.3 Å². The average Bonchev–Trinajstić information content (AvgIpc) is 3.27. The van der Waals surface area contributed by atoms with Crippen molar-refractivity contribution in [2.45, 2.75) is 32.9 Å². The molecule has 1 aliphatic heterocycles. The van der Waals surface area contributed by atoms with Crippen molar-refractivity contribution in [1.82, 2.24) is 9.97 Å². The number of aromatic nitrogens is 2. The van der Waals surface area contributed by atoms with E-state index in [-0.39, 0.29) is 6.42 Å². The van der Waals surface area contributed by atoms with Gasteiger partial charge >= 0.3 is 5.97 Å². The molecule has 9 heteroatoms. The maximum Gasteiger partial charge on any atom is 0.303 e. The summed E-state index contributed by atoms with van der Waals surface area (Å²) < 4.78 is 0. The highest BCUT2D eigenvalue weighted by molar-refractivity contribution is 5.91. The molecule has 2 N–H and O–H groups in total. The molecule has 0 aliphatic carbocycles. The second-order valence-corrected chi connectivity index (χ2v) is 7.43. The number of hydrogen-bond acceptors (Lipinski definition) is 8. The van der Waals surface area contributed by atoms with Crippen molar-refractivity contribution in [3.05, 3.63) is 53.1 Å². The van der Waals surface area contributed by atoms with E-state index in [0.717, 1.165) is 16.5 Å². The van der Waals surface area contributed by atoms with Crippen LogP contribution in [0.5, 0.6) is 5.75 Å². The number of carboxylic acids is 1. The molecule has 0 spiro atoms. The first-order valence-corrected chi connectivity index (χ1v) is 10.4. The van der Waals surface area contributed by atoms with Gasteiger partial charge in [0.15, 0.2) is 5.75 Å². The molecule has 0 radical (unpaired) electrons. The minimum Gasteiger partial charge on any atom is -0.481 e. The molecule has 0 fully saturated rings. The molecule has 2 heterocycles. The van der Waals surface area contributed by atoms with E-state index >= 15 is 0 Å². The lowest BCUT2D eigenvalue weighted by molar-refractivity contribution is -0.194. The number of rotatable bonds is 9. The van der Waals surface area contributed by atoms with Crippen LogP contribution in [0.25, 0.3) is 10.9 Å². The molecule has 0 unspecified atom stereocenters. The van der Waals surface area contributed by atoms with Crippen LogP contribution in [0.1, 0.15) is 36.5 Å². The minimum atomic E-state index is -0.824. The molecule has 3 aromatic rings. The number of nitrogens with one attached hydrogen (secondary N) is 1. The first-order valence-electron chi connectivity index (χ1n) is 10.4. The van der Waals surface area contributed by atoms with E-state index in [9.17, 15) is 10.1 Å². The topological polar surface area (TPSA) is 121 Å². The van der Waals surface area contributed by atoms with E-state index in [1.54, 1.807) is 18.2 Å². The highest BCUT2D eigenvalue weighted by Gasteiger charge is 2.16. The first kappa shape index (κ1) is 21.3. The molecule has 0 saturated heterocycles. The van der Waals surface area contributed by atoms with Gasteiger partial charge in [-0.2, -0.15) is 15.1 Å². The number of nitriles is 1. The van der Waals surface area contributed by atoms with Gasteiger partial charge in [0.2, 0.25) is 5.95 Å². The molecule has 1 aliphatic rings. The zero-order valence-electron chi connectivity index (χ0n) is 17.7. The summed E-state index contributed by atoms with van der Waals surface area (Å²) in [5.74, 6) is 1.01. The lowest BCUT2D eigenvalue weighted by Gasteiger charge is -2.22. The number of carbonyl (C=O) groups is 1. The third kappa shape index (κ3) is 4.71. The van der Waals surface area contributed by atoms with Crippen LogP contribution in [-0.4, -0.2) is 34.1 Å². The van der Waals surface area contributed by atoms with Gasteiger partial charge in [0.05, 0.1) is 17.1 Å². The summed E-state index contributed by atoms with van der Waals surface area (Å²) in [4.78, 5) is 32.4. The Morgan fingerprint density at radius 3 is 2.94 bits per heavy atom. The quantitative estimate of drug-likeness (QED) is 0.487. The van der Waals surface area contributed by atoms with Crippen LogP contribution in [0.3, 0.4) is 0 Å². The summed E-state index contributed by atoms with van der Waals surface area (Å²) in [5.41, 5.74) is 3.22. The molecule has 9 nitrogen and oxygen atoms in total. The first-order chi connectivity index (χ1) is 15.6. The smallest absolute Gasteiger partial charge is 0.303 e. The molecule has 2 aromatic carbocycles. The van der Waals surface area contributed by atoms with Gasteiger partial charge in [-0.15, -0.1) is 0 Å². The summed E-state index contributed by atoms with van der Waals surface area (Å²) in [6.07, 6.45) is 0.586. The van der Waals surface area contributed by atoms with Gasteiger partial charge in [0.1, 0.15) is 12.4 Å². The summed E-state index contributed by atoms with van der Waals surface area (Å²) in [6.45, 7) is 4.08. The lowest BCUT2D eigenvalue weighted by atomic mass is 10.1. The van der Waals surface area contributed by atoms with Crippen molar-refractivity contribution in [3.8, 4) is 11.8 Å². The Hall–Kier alpha value is -3.90. The van der Waals surface area contributed by atoms with Crippen LogP contribution in [0.15, 0.2) is 36.4 Å². The van der Waals surface area contributed by atoms with E-state index in [1.165, 1.54) is 0 Å². The van der Waals surface area contributed by atoms with Crippen molar-refractivity contribution in [1.29, 1.82) is 5.26 Å². The maximum atomic E-state index is 10.9. The SMILES string of the molecule is CCN(CCCC(=O)O)c1nc(NCc2ccc3c(c2)OOC3)c2cc(C#N)ccc2n1. The van der Waals surface area contributed by atoms with Crippen molar-refractivity contribution in [2.24, 2.45) is 0 Å². The Bertz CT molecular complexity index is 1190. The summed E-state index contributed by atoms with van der Waals surface area (Å²) in [5, 5.41) is 22.4. The van der Waals surface area contributed by atoms with Gasteiger partial charge in [-0.1, -0.05) is 12.1 Å². The second kappa shape index (κ2) is 9.49. The highest BCUT2D eigenvalue weighted by Crippen LogP contribution is 2.29. The van der Waals surface area contributed by atoms with Crippen LogP contribution >= 0.6 is 0 Å². The molecule has 164 valence electrons. The van der Waals surface area contributed by atoms with Gasteiger partial charge in [0, 0.05) is 37.0 Å². The van der Waals surface area contributed by atoms with Crippen molar-refractivity contribution < 1.29 is 19.7 Å². The predicted octanol–water partition coefficient (Wildman–Crippen LogP) is 3.63. The highest BCUT2D eigenvalue weighted by atomic mass is 17.2. The predicted molar refractivity (Wildman–Crippen MR) is 118 cm³/mol. The Morgan fingerprint density at radius 2 is 2.16 bits per heavy atom. The Balaban J connectivity index is 1.63. The number of anilines is 2. The second-order valence-electron chi connectivity index (χ2n) is 7.43. The van der Waals surface area contributed by atoms with Gasteiger partial charge in [-0.05, 0) is 43.2 Å². The molecular formula is C23H23N5O4. The molecular weight excluding hydrogens is 410 g/mol. The Labute approximate surface area is 185 Å². The molecule has 1 aromatic heterocycles. The summed E-state index contributed by atoms with van der Waals surface area (Å²) in [7, 11) is 0. The normalized spacial score (nSPS) is 12.1. The molecule has 0 bridgehead atoms. The fraction of sp³-hybridized carbons (Fsp3) is 0.304. The zero-order valence-corrected chi connectivity index (χ0v) is 17.7. The van der Waals surface area contributed by atoms with Gasteiger partial charge < -0.3 is 20.2 Å². The Morgan fingerprint density at radius 1 is 1.28 bits per heavy atom. The number of fused-ring (bicyclic) bond motifs is 2. The van der Waals surface area contributed by atoms with Crippen LogP contribution < -0.4 is 15.1 Å². The van der Waals surface area contributed by atoms with Crippen LogP contribution in [0.4, 0.5) is 11.8 Å². The van der Waals surface area contributed by atoms with E-state index in [0.29, 0.717) is 61.3 Å². The van der Waals surface area contributed by atoms with E-state index < -0.39 is 5.97 Å². The van der Waals surface area contributed by atoms with Gasteiger partial charge in [-0.25, -0.2) is 4.98 Å². The third-order valence-corrected chi connectivity index (χ3v) is 5.25. The molecule has 0 saturated carbocycles. The molecule has 0 amide bonds. The largest absolute Gasteiger partial charge is 0.481 e. The van der Waals surface area contributed by atoms with Crippen LogP contribution in [-0.2, 0) is 22.8 Å². The number of hydrogen-bond donors (Lipinski definition) is 2. The number of nitrogens with zero attached hydrogens (tertiary/aromatic N) is 4. The summed E-state index contributed by atoms with van der Waals surface area (Å²) >= 11 is 0. The maximum absolute atomic E-state index is 10.9. The summed E-state index contributed by atoms with van der Waals surface area (Å²) in [6, 6.07) is 13.3. The molecule has 4 rings (SSSR count). The molecule has 0 atom stereocenters. The number of aliphatic carboxylic acids is 1. The minimum absolute atomic E-state index is 0.0881. The fourth-order valence-electron chi connectivity index (χ4n) is 3.53. The standard InChI is InChI=1S/C23H23N5O4/c1-2-28(9-3-4-21(29)30)23-26-19-8-6-15(12-24)10-18(19)22(27-23)25-13-16-5-7-17-14-31-32-20(17)11-16/h5-8,10-11H,2-4,9,13-14H2,1H3,(H,29,30)(H,25,26,27). The van der Waals surface area contributed by atoms with E-state index in [2.05, 4.69) is 16.4 Å². The van der Waals surface area contributed by atoms with E-state index in [1.807, 2.05) is 30.0 Å². The van der Waals surface area contributed by atoms with Crippen molar-refractivity contribution in [3.63, 3.8) is 0 Å². The monoisotopic (exact) mass is 433 g/mol. The fourth-order valence-corrected chi connectivity index (χ4v) is 3.53. The lowest BCUT2D eigenvalue weighted by Crippen LogP contribution is -2.27. The van der Waals surface area contributed by atoms with Crippen molar-refractivity contribution >= 4 is 28.6 Å². The van der Waals surface area contributed by atoms with Gasteiger partial charge in [0.25, 0.3) is 0 Å². The number of carboxylic acid groups (broad SMARTS) is 1. The number of benzene rings is 2. The average molecular weight is 433 g/mol. The van der Waals surface area contributed by atoms with Gasteiger partial charge in [-0.3, -0.25) is 4.79 Å². The van der Waals surface area contributed by atoms with Crippen molar-refractivity contribution in [2.75, 3.05) is 23.3 Å².